The second kappa shape index (κ2) is 1.63. The lowest BCUT2D eigenvalue weighted by Gasteiger charge is -1.97. The largest absolute Gasteiger partial charge is 0.859 e. The molecule has 0 fully saturated rings. The summed E-state index contributed by atoms with van der Waals surface area (Å²) in [5, 5.41) is 10.5. The highest BCUT2D eigenvalue weighted by Gasteiger charge is 1.83. The summed E-state index contributed by atoms with van der Waals surface area (Å²) in [5.74, 6) is -0.130. The van der Waals surface area contributed by atoms with Crippen molar-refractivity contribution >= 4 is 12.2 Å². The predicted octanol–water partition coefficient (Wildman–Crippen LogP) is 0.454. The zero-order valence-electron chi connectivity index (χ0n) is 4.32. The molecule has 0 spiro atoms. The molecule has 44 valence electrons. The highest BCUT2D eigenvalue weighted by atomic mass is 32.1. The molecule has 0 aliphatic carbocycles. The fourth-order valence-electron chi connectivity index (χ4n) is 0.455. The lowest BCUT2D eigenvalue weighted by Crippen LogP contribution is -1.90. The Morgan fingerprint density at radius 2 is 2.12 bits per heavy atom. The van der Waals surface area contributed by atoms with Gasteiger partial charge < -0.3 is 15.1 Å². The van der Waals surface area contributed by atoms with Crippen LogP contribution in [0.25, 0.3) is 0 Å². The average Bonchev–Trinajstić information content (AvgIpc) is 1.85. The minimum atomic E-state index is -0.130. The lowest BCUT2D eigenvalue weighted by atomic mass is 10.5. The molecule has 8 heavy (non-hydrogen) atoms. The van der Waals surface area contributed by atoms with E-state index in [-0.39, 0.29) is 5.88 Å². The van der Waals surface area contributed by atoms with Gasteiger partial charge in [0.05, 0.1) is 0 Å². The number of aromatic amines is 2. The van der Waals surface area contributed by atoms with Crippen molar-refractivity contribution in [3.05, 3.63) is 10.5 Å². The molecular weight excluding hydrogens is 124 g/mol. The van der Waals surface area contributed by atoms with Crippen LogP contribution in [0.2, 0.25) is 0 Å². The quantitative estimate of drug-likeness (QED) is 0.500. The maximum Gasteiger partial charge on any atom is 0.174 e. The number of nitrogens with one attached hydrogen (secondary N) is 2. The summed E-state index contributed by atoms with van der Waals surface area (Å²) < 4.78 is 0.396. The van der Waals surface area contributed by atoms with Gasteiger partial charge in [0.1, 0.15) is 0 Å². The third-order valence-corrected chi connectivity index (χ3v) is 1.07. The Morgan fingerprint density at radius 1 is 1.50 bits per heavy atom. The molecule has 2 N–H and O–H groups in total. The number of imidazole rings is 1. The van der Waals surface area contributed by atoms with E-state index >= 15 is 0 Å². The van der Waals surface area contributed by atoms with Gasteiger partial charge in [-0.15, -0.1) is 0 Å². The van der Waals surface area contributed by atoms with Gasteiger partial charge in [0.15, 0.2) is 4.77 Å². The maximum absolute atomic E-state index is 10.5. The fourth-order valence-corrected chi connectivity index (χ4v) is 0.701. The van der Waals surface area contributed by atoms with E-state index in [0.717, 1.165) is 0 Å². The maximum atomic E-state index is 10.5. The molecule has 1 aromatic rings. The molecule has 1 aromatic heterocycles. The predicted molar refractivity (Wildman–Crippen MR) is 30.2 cm³/mol. The Hall–Kier alpha value is -0.770. The monoisotopic (exact) mass is 129 g/mol. The summed E-state index contributed by atoms with van der Waals surface area (Å²) >= 11 is 4.61. The first-order valence-electron chi connectivity index (χ1n) is 2.16. The Balaban J connectivity index is 3.35. The van der Waals surface area contributed by atoms with Crippen LogP contribution in [0, 0.1) is 11.7 Å². The molecule has 1 rings (SSSR count). The van der Waals surface area contributed by atoms with Gasteiger partial charge in [0.2, 0.25) is 0 Å². The molecule has 4 heteroatoms. The first-order chi connectivity index (χ1) is 3.70. The molecule has 0 radical (unpaired) electrons. The third-order valence-electron chi connectivity index (χ3n) is 0.869. The molecule has 0 aliphatic rings. The molecule has 3 nitrogen and oxygen atoms in total. The molecule has 0 saturated heterocycles. The Bertz CT molecular complexity index is 214. The highest BCUT2D eigenvalue weighted by molar-refractivity contribution is 7.71. The number of H-pyrrole nitrogens is 2. The number of aryl methyl sites for hydroxylation is 1. The van der Waals surface area contributed by atoms with E-state index in [2.05, 4.69) is 22.2 Å². The van der Waals surface area contributed by atoms with Gasteiger partial charge in [-0.1, -0.05) is 0 Å². The van der Waals surface area contributed by atoms with Crippen molar-refractivity contribution in [3.63, 3.8) is 0 Å². The van der Waals surface area contributed by atoms with Crippen LogP contribution in [0.3, 0.4) is 0 Å². The smallest absolute Gasteiger partial charge is 0.174 e. The Labute approximate surface area is 51.4 Å². The minimum Gasteiger partial charge on any atom is -0.859 e. The van der Waals surface area contributed by atoms with E-state index in [4.69, 9.17) is 0 Å². The van der Waals surface area contributed by atoms with Crippen molar-refractivity contribution in [1.82, 2.24) is 9.97 Å². The van der Waals surface area contributed by atoms with Gasteiger partial charge in [-0.2, -0.15) is 0 Å². The average molecular weight is 129 g/mol. The van der Waals surface area contributed by atoms with Crippen LogP contribution < -0.4 is 5.11 Å². The van der Waals surface area contributed by atoms with Crippen molar-refractivity contribution in [1.29, 1.82) is 0 Å². The SMILES string of the molecule is Cc1[nH]c(=S)[nH]c1[O-]. The minimum absolute atomic E-state index is 0.130. The lowest BCUT2D eigenvalue weighted by molar-refractivity contribution is -0.275. The molecule has 0 bridgehead atoms. The van der Waals surface area contributed by atoms with Crippen LogP contribution in [-0.2, 0) is 0 Å². The molecule has 0 aromatic carbocycles. The summed E-state index contributed by atoms with van der Waals surface area (Å²) in [6, 6.07) is 0. The summed E-state index contributed by atoms with van der Waals surface area (Å²) in [5.41, 5.74) is 0.565. The van der Waals surface area contributed by atoms with Crippen LogP contribution in [-0.4, -0.2) is 9.97 Å². The van der Waals surface area contributed by atoms with E-state index in [0.29, 0.717) is 10.5 Å². The molecule has 0 amide bonds. The van der Waals surface area contributed by atoms with E-state index in [1.807, 2.05) is 0 Å². The van der Waals surface area contributed by atoms with Gasteiger partial charge in [-0.3, -0.25) is 0 Å². The van der Waals surface area contributed by atoms with E-state index in [1.165, 1.54) is 0 Å². The first-order valence-corrected chi connectivity index (χ1v) is 2.57. The van der Waals surface area contributed by atoms with Crippen LogP contribution in [0.5, 0.6) is 5.88 Å². The van der Waals surface area contributed by atoms with Gasteiger partial charge in [0, 0.05) is 5.69 Å². The molecule has 1 heterocycles. The van der Waals surface area contributed by atoms with E-state index < -0.39 is 0 Å². The van der Waals surface area contributed by atoms with Crippen LogP contribution >= 0.6 is 12.2 Å². The number of aromatic nitrogens is 2. The van der Waals surface area contributed by atoms with Gasteiger partial charge >= 0.3 is 0 Å². The number of hydrogen-bond acceptors (Lipinski definition) is 2. The Kier molecular flexibility index (Phi) is 1.09. The van der Waals surface area contributed by atoms with Gasteiger partial charge in [-0.25, -0.2) is 0 Å². The van der Waals surface area contributed by atoms with Crippen LogP contribution in [0.15, 0.2) is 0 Å². The van der Waals surface area contributed by atoms with Gasteiger partial charge in [-0.05, 0) is 25.0 Å². The summed E-state index contributed by atoms with van der Waals surface area (Å²) in [6.07, 6.45) is 0. The zero-order valence-corrected chi connectivity index (χ0v) is 5.13. The topological polar surface area (TPSA) is 54.6 Å². The summed E-state index contributed by atoms with van der Waals surface area (Å²) in [6.45, 7) is 1.68. The van der Waals surface area contributed by atoms with Crippen molar-refractivity contribution in [2.45, 2.75) is 6.92 Å². The molecule has 0 saturated carbocycles. The molecular formula is C4H5N2OS-. The van der Waals surface area contributed by atoms with Crippen molar-refractivity contribution in [3.8, 4) is 5.88 Å². The van der Waals surface area contributed by atoms with Crippen molar-refractivity contribution < 1.29 is 5.11 Å². The van der Waals surface area contributed by atoms with Crippen molar-refractivity contribution in [2.24, 2.45) is 0 Å². The highest BCUT2D eigenvalue weighted by Crippen LogP contribution is 2.02. The Morgan fingerprint density at radius 3 is 2.25 bits per heavy atom. The standard InChI is InChI=1S/C4H6N2OS/c1-2-3(7)6-4(8)5-2/h7H,1H3,(H2,5,6,8)/p-1. The first kappa shape index (κ1) is 5.37. The number of rotatable bonds is 0. The van der Waals surface area contributed by atoms with Crippen molar-refractivity contribution in [2.75, 3.05) is 0 Å². The molecule has 0 atom stereocenters. The second-order valence-corrected chi connectivity index (χ2v) is 1.94. The van der Waals surface area contributed by atoms with E-state index in [1.54, 1.807) is 6.92 Å². The summed E-state index contributed by atoms with van der Waals surface area (Å²) in [4.78, 5) is 5.06. The van der Waals surface area contributed by atoms with Crippen LogP contribution in [0.4, 0.5) is 0 Å². The van der Waals surface area contributed by atoms with Crippen LogP contribution in [0.1, 0.15) is 5.69 Å². The molecule has 0 unspecified atom stereocenters. The second-order valence-electron chi connectivity index (χ2n) is 1.53. The third kappa shape index (κ3) is 0.742. The van der Waals surface area contributed by atoms with E-state index in [9.17, 15) is 5.11 Å². The molecule has 0 aliphatic heterocycles. The summed E-state index contributed by atoms with van der Waals surface area (Å²) in [7, 11) is 0. The normalized spacial score (nSPS) is 9.62. The fraction of sp³-hybridized carbons (Fsp3) is 0.250. The van der Waals surface area contributed by atoms with Gasteiger partial charge in [0.25, 0.3) is 0 Å². The zero-order chi connectivity index (χ0) is 6.15. The number of hydrogen-bond donors (Lipinski definition) is 2.